The lowest BCUT2D eigenvalue weighted by Gasteiger charge is -2.10. The molecule has 102 valence electrons. The molecule has 0 radical (unpaired) electrons. The molecule has 1 aromatic rings. The Bertz CT molecular complexity index is 350. The third-order valence-corrected chi connectivity index (χ3v) is 2.66. The van der Waals surface area contributed by atoms with Crippen molar-refractivity contribution >= 4 is 0 Å². The van der Waals surface area contributed by atoms with Crippen LogP contribution in [0.3, 0.4) is 0 Å². The first-order chi connectivity index (χ1) is 8.63. The number of hydrogen-bond acceptors (Lipinski definition) is 3. The Hall–Kier alpha value is -1.06. The van der Waals surface area contributed by atoms with Crippen molar-refractivity contribution in [3.8, 4) is 5.75 Å². The van der Waals surface area contributed by atoms with Gasteiger partial charge in [-0.2, -0.15) is 0 Å². The molecular formula is C15H25NO2. The van der Waals surface area contributed by atoms with Crippen molar-refractivity contribution in [2.75, 3.05) is 26.9 Å². The Labute approximate surface area is 110 Å². The number of hydrogen-bond donors (Lipinski definition) is 1. The fraction of sp³-hybridized carbons (Fsp3) is 0.600. The van der Waals surface area contributed by atoms with Crippen LogP contribution in [0.1, 0.15) is 25.0 Å². The maximum atomic E-state index is 5.51. The molecule has 1 aromatic carbocycles. The Balaban J connectivity index is 2.21. The molecule has 0 fully saturated rings. The molecule has 0 amide bonds. The molecule has 0 aliphatic rings. The van der Waals surface area contributed by atoms with E-state index in [9.17, 15) is 0 Å². The first-order valence-corrected chi connectivity index (χ1v) is 6.55. The molecule has 1 rings (SSSR count). The zero-order valence-electron chi connectivity index (χ0n) is 12.0. The van der Waals surface area contributed by atoms with Crippen molar-refractivity contribution in [3.63, 3.8) is 0 Å². The van der Waals surface area contributed by atoms with Gasteiger partial charge in [0, 0.05) is 19.7 Å². The molecule has 0 unspecified atom stereocenters. The topological polar surface area (TPSA) is 30.5 Å². The highest BCUT2D eigenvalue weighted by atomic mass is 16.5. The molecule has 0 aliphatic heterocycles. The van der Waals surface area contributed by atoms with E-state index in [-0.39, 0.29) is 0 Å². The number of ether oxygens (including phenoxy) is 2. The van der Waals surface area contributed by atoms with E-state index in [1.807, 2.05) is 6.07 Å². The number of nitrogens with one attached hydrogen (secondary N) is 1. The van der Waals surface area contributed by atoms with E-state index in [0.717, 1.165) is 32.1 Å². The molecule has 1 N–H and O–H groups in total. The van der Waals surface area contributed by atoms with Gasteiger partial charge in [0.05, 0.1) is 13.7 Å². The van der Waals surface area contributed by atoms with Crippen LogP contribution in [-0.2, 0) is 11.3 Å². The second-order valence-corrected chi connectivity index (χ2v) is 4.95. The minimum absolute atomic E-state index is 0.606. The quantitative estimate of drug-likeness (QED) is 0.721. The van der Waals surface area contributed by atoms with Crippen LogP contribution in [0.2, 0.25) is 0 Å². The number of methoxy groups -OCH3 is 1. The lowest BCUT2D eigenvalue weighted by atomic mass is 10.1. The minimum atomic E-state index is 0.606. The number of benzene rings is 1. The third-order valence-electron chi connectivity index (χ3n) is 2.66. The highest BCUT2D eigenvalue weighted by molar-refractivity contribution is 5.36. The van der Waals surface area contributed by atoms with Crippen LogP contribution in [0.25, 0.3) is 0 Å². The smallest absolute Gasteiger partial charge is 0.121 e. The van der Waals surface area contributed by atoms with Gasteiger partial charge < -0.3 is 14.8 Å². The molecular weight excluding hydrogens is 226 g/mol. The predicted octanol–water partition coefficient (Wildman–Crippen LogP) is 2.77. The number of rotatable bonds is 8. The highest BCUT2D eigenvalue weighted by Gasteiger charge is 1.99. The molecule has 0 spiro atoms. The van der Waals surface area contributed by atoms with Crippen LogP contribution in [0, 0.1) is 12.8 Å². The van der Waals surface area contributed by atoms with E-state index in [4.69, 9.17) is 9.47 Å². The van der Waals surface area contributed by atoms with Crippen LogP contribution < -0.4 is 10.1 Å². The summed E-state index contributed by atoms with van der Waals surface area (Å²) < 4.78 is 10.8. The second kappa shape index (κ2) is 8.11. The van der Waals surface area contributed by atoms with Crippen LogP contribution in [0.4, 0.5) is 0 Å². The standard InChI is InChI=1S/C15H25NO2/c1-12(2)11-18-8-7-16-10-14-5-6-15(17-4)13(3)9-14/h5-6,9,12,16H,7-8,10-11H2,1-4H3. The molecule has 18 heavy (non-hydrogen) atoms. The van der Waals surface area contributed by atoms with Crippen LogP contribution in [0.15, 0.2) is 18.2 Å². The van der Waals surface area contributed by atoms with Crippen molar-refractivity contribution in [1.82, 2.24) is 5.32 Å². The van der Waals surface area contributed by atoms with E-state index >= 15 is 0 Å². The Morgan fingerprint density at radius 1 is 1.28 bits per heavy atom. The van der Waals surface area contributed by atoms with Gasteiger partial charge in [-0.05, 0) is 30.0 Å². The highest BCUT2D eigenvalue weighted by Crippen LogP contribution is 2.18. The zero-order valence-corrected chi connectivity index (χ0v) is 12.0. The summed E-state index contributed by atoms with van der Waals surface area (Å²) in [6.45, 7) is 9.75. The Morgan fingerprint density at radius 3 is 2.67 bits per heavy atom. The molecule has 0 bridgehead atoms. The predicted molar refractivity (Wildman–Crippen MR) is 75.1 cm³/mol. The summed E-state index contributed by atoms with van der Waals surface area (Å²) in [5.74, 6) is 1.55. The molecule has 3 nitrogen and oxygen atoms in total. The van der Waals surface area contributed by atoms with Crippen LogP contribution >= 0.6 is 0 Å². The molecule has 0 heterocycles. The van der Waals surface area contributed by atoms with Crippen LogP contribution in [0.5, 0.6) is 5.75 Å². The fourth-order valence-corrected chi connectivity index (χ4v) is 1.75. The third kappa shape index (κ3) is 5.52. The maximum absolute atomic E-state index is 5.51. The minimum Gasteiger partial charge on any atom is -0.496 e. The van der Waals surface area contributed by atoms with Gasteiger partial charge in [-0.3, -0.25) is 0 Å². The van der Waals surface area contributed by atoms with E-state index in [2.05, 4.69) is 38.2 Å². The fourth-order valence-electron chi connectivity index (χ4n) is 1.75. The molecule has 0 saturated carbocycles. The van der Waals surface area contributed by atoms with Gasteiger partial charge in [-0.15, -0.1) is 0 Å². The van der Waals surface area contributed by atoms with Crippen molar-refractivity contribution in [2.24, 2.45) is 5.92 Å². The van der Waals surface area contributed by atoms with Gasteiger partial charge in [0.15, 0.2) is 0 Å². The SMILES string of the molecule is COc1ccc(CNCCOCC(C)C)cc1C. The lowest BCUT2D eigenvalue weighted by Crippen LogP contribution is -2.20. The monoisotopic (exact) mass is 251 g/mol. The maximum Gasteiger partial charge on any atom is 0.121 e. The first kappa shape index (κ1) is 15.0. The molecule has 0 saturated heterocycles. The van der Waals surface area contributed by atoms with E-state index in [1.54, 1.807) is 7.11 Å². The van der Waals surface area contributed by atoms with Gasteiger partial charge in [0.2, 0.25) is 0 Å². The summed E-state index contributed by atoms with van der Waals surface area (Å²) in [5.41, 5.74) is 2.45. The first-order valence-electron chi connectivity index (χ1n) is 6.55. The molecule has 0 aliphatic carbocycles. The van der Waals surface area contributed by atoms with Crippen LogP contribution in [-0.4, -0.2) is 26.9 Å². The average molecular weight is 251 g/mol. The zero-order chi connectivity index (χ0) is 13.4. The summed E-state index contributed by atoms with van der Waals surface area (Å²) in [6, 6.07) is 6.26. The van der Waals surface area contributed by atoms with Crippen molar-refractivity contribution in [1.29, 1.82) is 0 Å². The van der Waals surface area contributed by atoms with Gasteiger partial charge in [-0.1, -0.05) is 26.0 Å². The van der Waals surface area contributed by atoms with Gasteiger partial charge in [0.1, 0.15) is 5.75 Å². The van der Waals surface area contributed by atoms with Crippen molar-refractivity contribution in [3.05, 3.63) is 29.3 Å². The van der Waals surface area contributed by atoms with E-state index in [0.29, 0.717) is 5.92 Å². The normalized spacial score (nSPS) is 10.9. The van der Waals surface area contributed by atoms with Gasteiger partial charge in [-0.25, -0.2) is 0 Å². The van der Waals surface area contributed by atoms with Gasteiger partial charge in [0.25, 0.3) is 0 Å². The Morgan fingerprint density at radius 2 is 2.06 bits per heavy atom. The second-order valence-electron chi connectivity index (χ2n) is 4.95. The Kier molecular flexibility index (Phi) is 6.76. The lowest BCUT2D eigenvalue weighted by molar-refractivity contribution is 0.111. The molecule has 0 aromatic heterocycles. The van der Waals surface area contributed by atoms with Gasteiger partial charge >= 0.3 is 0 Å². The largest absolute Gasteiger partial charge is 0.496 e. The average Bonchev–Trinajstić information content (AvgIpc) is 2.33. The summed E-state index contributed by atoms with van der Waals surface area (Å²) in [6.07, 6.45) is 0. The summed E-state index contributed by atoms with van der Waals surface area (Å²) in [5, 5.41) is 3.37. The number of aryl methyl sites for hydroxylation is 1. The summed E-state index contributed by atoms with van der Waals surface area (Å²) >= 11 is 0. The molecule has 3 heteroatoms. The van der Waals surface area contributed by atoms with Crippen molar-refractivity contribution in [2.45, 2.75) is 27.3 Å². The summed E-state index contributed by atoms with van der Waals surface area (Å²) in [7, 11) is 1.70. The van der Waals surface area contributed by atoms with E-state index < -0.39 is 0 Å². The van der Waals surface area contributed by atoms with E-state index in [1.165, 1.54) is 11.1 Å². The summed E-state index contributed by atoms with van der Waals surface area (Å²) in [4.78, 5) is 0. The van der Waals surface area contributed by atoms with Crippen molar-refractivity contribution < 1.29 is 9.47 Å². The molecule has 0 atom stereocenters.